The molecule has 0 aliphatic heterocycles. The van der Waals surface area contributed by atoms with E-state index in [0.29, 0.717) is 10.4 Å². The van der Waals surface area contributed by atoms with E-state index in [1.807, 2.05) is 6.92 Å². The molecule has 0 N–H and O–H groups in total. The van der Waals surface area contributed by atoms with E-state index in [9.17, 15) is 8.78 Å². The largest absolute Gasteiger partial charge is 0.297 e. The van der Waals surface area contributed by atoms with Crippen LogP contribution in [0, 0.1) is 6.92 Å². The van der Waals surface area contributed by atoms with Gasteiger partial charge in [0.05, 0.1) is 10.5 Å². The molecule has 0 saturated heterocycles. The highest BCUT2D eigenvalue weighted by molar-refractivity contribution is 6.38. The predicted octanol–water partition coefficient (Wildman–Crippen LogP) is 4.18. The van der Waals surface area contributed by atoms with Crippen LogP contribution < -0.4 is 0 Å². The summed E-state index contributed by atoms with van der Waals surface area (Å²) >= 11 is 11.7. The van der Waals surface area contributed by atoms with E-state index in [2.05, 4.69) is 9.97 Å². The number of fused-ring (bicyclic) bond motifs is 1. The SMILES string of the molecule is Cc1cc(Cl)c2nc(C(F)F)nc(Cl)c2c1. The summed E-state index contributed by atoms with van der Waals surface area (Å²) < 4.78 is 24.9. The summed E-state index contributed by atoms with van der Waals surface area (Å²) in [6.45, 7) is 1.82. The van der Waals surface area contributed by atoms with E-state index < -0.39 is 12.2 Å². The van der Waals surface area contributed by atoms with Crippen LogP contribution in [-0.2, 0) is 0 Å². The zero-order valence-electron chi connectivity index (χ0n) is 8.14. The third kappa shape index (κ3) is 1.95. The Morgan fingerprint density at radius 2 is 1.88 bits per heavy atom. The van der Waals surface area contributed by atoms with Crippen molar-refractivity contribution in [2.75, 3.05) is 0 Å². The molecule has 0 aliphatic rings. The molecule has 0 aliphatic carbocycles. The van der Waals surface area contributed by atoms with E-state index in [4.69, 9.17) is 23.2 Å². The second-order valence-electron chi connectivity index (χ2n) is 3.32. The lowest BCUT2D eigenvalue weighted by atomic mass is 10.2. The van der Waals surface area contributed by atoms with Gasteiger partial charge in [0, 0.05) is 5.39 Å². The fourth-order valence-corrected chi connectivity index (χ4v) is 1.95. The van der Waals surface area contributed by atoms with Crippen LogP contribution in [0.2, 0.25) is 10.2 Å². The number of hydrogen-bond acceptors (Lipinski definition) is 2. The molecule has 0 atom stereocenters. The average Bonchev–Trinajstić information content (AvgIpc) is 2.19. The summed E-state index contributed by atoms with van der Waals surface area (Å²) in [7, 11) is 0. The van der Waals surface area contributed by atoms with E-state index in [1.54, 1.807) is 12.1 Å². The third-order valence-electron chi connectivity index (χ3n) is 2.06. The van der Waals surface area contributed by atoms with Gasteiger partial charge in [-0.2, -0.15) is 0 Å². The van der Waals surface area contributed by atoms with Gasteiger partial charge in [0.2, 0.25) is 0 Å². The number of benzene rings is 1. The standard InChI is InChI=1S/C10H6Cl2F2N2/c1-4-2-5-7(6(11)3-4)15-10(9(13)14)16-8(5)12/h2-3,9H,1H3. The first-order valence-corrected chi connectivity index (χ1v) is 5.16. The first-order valence-electron chi connectivity index (χ1n) is 4.40. The van der Waals surface area contributed by atoms with Crippen molar-refractivity contribution in [2.45, 2.75) is 13.3 Å². The average molecular weight is 263 g/mol. The molecule has 1 heterocycles. The topological polar surface area (TPSA) is 25.8 Å². The smallest absolute Gasteiger partial charge is 0.226 e. The maximum absolute atomic E-state index is 12.5. The molecule has 1 aromatic heterocycles. The fraction of sp³-hybridized carbons (Fsp3) is 0.200. The Bertz CT molecular complexity index is 558. The molecule has 0 radical (unpaired) electrons. The highest BCUT2D eigenvalue weighted by Crippen LogP contribution is 2.30. The highest BCUT2D eigenvalue weighted by atomic mass is 35.5. The number of aromatic nitrogens is 2. The molecule has 0 saturated carbocycles. The Balaban J connectivity index is 2.82. The van der Waals surface area contributed by atoms with E-state index >= 15 is 0 Å². The quantitative estimate of drug-likeness (QED) is 0.721. The molecule has 0 bridgehead atoms. The van der Waals surface area contributed by atoms with Gasteiger partial charge in [0.15, 0.2) is 5.82 Å². The number of hydrogen-bond donors (Lipinski definition) is 0. The Morgan fingerprint density at radius 3 is 2.50 bits per heavy atom. The Labute approximate surface area is 100 Å². The van der Waals surface area contributed by atoms with Gasteiger partial charge in [-0.25, -0.2) is 18.7 Å². The van der Waals surface area contributed by atoms with Crippen molar-refractivity contribution < 1.29 is 8.78 Å². The van der Waals surface area contributed by atoms with Crippen molar-refractivity contribution in [1.82, 2.24) is 9.97 Å². The van der Waals surface area contributed by atoms with Crippen LogP contribution in [-0.4, -0.2) is 9.97 Å². The molecule has 84 valence electrons. The van der Waals surface area contributed by atoms with Crippen LogP contribution in [0.5, 0.6) is 0 Å². The van der Waals surface area contributed by atoms with Crippen molar-refractivity contribution in [2.24, 2.45) is 0 Å². The van der Waals surface area contributed by atoms with Crippen LogP contribution in [0.15, 0.2) is 12.1 Å². The molecule has 0 spiro atoms. The number of halogens is 4. The van der Waals surface area contributed by atoms with Gasteiger partial charge in [-0.1, -0.05) is 23.2 Å². The zero-order valence-corrected chi connectivity index (χ0v) is 9.65. The van der Waals surface area contributed by atoms with Gasteiger partial charge in [-0.05, 0) is 24.6 Å². The lowest BCUT2D eigenvalue weighted by molar-refractivity contribution is 0.141. The Morgan fingerprint density at radius 1 is 1.19 bits per heavy atom. The predicted molar refractivity (Wildman–Crippen MR) is 59.3 cm³/mol. The van der Waals surface area contributed by atoms with Crippen molar-refractivity contribution in [3.63, 3.8) is 0 Å². The van der Waals surface area contributed by atoms with E-state index in [0.717, 1.165) is 5.56 Å². The maximum atomic E-state index is 12.5. The molecule has 2 rings (SSSR count). The minimum Gasteiger partial charge on any atom is -0.226 e. The van der Waals surface area contributed by atoms with Crippen LogP contribution in [0.1, 0.15) is 17.8 Å². The molecular formula is C10H6Cl2F2N2. The van der Waals surface area contributed by atoms with Crippen molar-refractivity contribution in [3.05, 3.63) is 33.7 Å². The Kier molecular flexibility index (Phi) is 2.95. The lowest BCUT2D eigenvalue weighted by Gasteiger charge is -2.06. The summed E-state index contributed by atoms with van der Waals surface area (Å²) in [6.07, 6.45) is -2.76. The van der Waals surface area contributed by atoms with Gasteiger partial charge < -0.3 is 0 Å². The molecule has 2 aromatic rings. The maximum Gasteiger partial charge on any atom is 0.297 e. The Hall–Kier alpha value is -1.00. The van der Waals surface area contributed by atoms with Crippen LogP contribution in [0.4, 0.5) is 8.78 Å². The molecule has 16 heavy (non-hydrogen) atoms. The third-order valence-corrected chi connectivity index (χ3v) is 2.64. The highest BCUT2D eigenvalue weighted by Gasteiger charge is 2.15. The van der Waals surface area contributed by atoms with E-state index in [-0.39, 0.29) is 10.7 Å². The minimum atomic E-state index is -2.76. The van der Waals surface area contributed by atoms with Gasteiger partial charge in [-0.3, -0.25) is 0 Å². The second-order valence-corrected chi connectivity index (χ2v) is 4.08. The summed E-state index contributed by atoms with van der Waals surface area (Å²) in [6, 6.07) is 3.35. The normalized spacial score (nSPS) is 11.4. The molecular weight excluding hydrogens is 257 g/mol. The minimum absolute atomic E-state index is 0.00843. The van der Waals surface area contributed by atoms with Crippen molar-refractivity contribution in [3.8, 4) is 0 Å². The summed E-state index contributed by atoms with van der Waals surface area (Å²) in [5.74, 6) is -0.608. The molecule has 0 fully saturated rings. The lowest BCUT2D eigenvalue weighted by Crippen LogP contribution is -1.97. The molecule has 2 nitrogen and oxygen atoms in total. The molecule has 1 aromatic carbocycles. The van der Waals surface area contributed by atoms with E-state index in [1.165, 1.54) is 0 Å². The molecule has 0 amide bonds. The number of rotatable bonds is 1. The summed E-state index contributed by atoms with van der Waals surface area (Å²) in [4.78, 5) is 7.23. The number of aryl methyl sites for hydroxylation is 1. The van der Waals surface area contributed by atoms with Gasteiger partial charge in [0.25, 0.3) is 6.43 Å². The monoisotopic (exact) mass is 262 g/mol. The van der Waals surface area contributed by atoms with Crippen molar-refractivity contribution >= 4 is 34.1 Å². The van der Waals surface area contributed by atoms with Crippen LogP contribution in [0.25, 0.3) is 10.9 Å². The molecule has 6 heteroatoms. The van der Waals surface area contributed by atoms with Crippen LogP contribution >= 0.6 is 23.2 Å². The zero-order chi connectivity index (χ0) is 11.9. The first-order chi connectivity index (χ1) is 7.49. The number of nitrogens with zero attached hydrogens (tertiary/aromatic N) is 2. The molecule has 0 unspecified atom stereocenters. The fourth-order valence-electron chi connectivity index (χ4n) is 1.40. The second kappa shape index (κ2) is 4.11. The summed E-state index contributed by atoms with van der Waals surface area (Å²) in [5, 5.41) is 0.767. The number of alkyl halides is 2. The van der Waals surface area contributed by atoms with Gasteiger partial charge in [-0.15, -0.1) is 0 Å². The summed E-state index contributed by atoms with van der Waals surface area (Å²) in [5.41, 5.74) is 1.12. The first kappa shape index (κ1) is 11.5. The van der Waals surface area contributed by atoms with Crippen LogP contribution in [0.3, 0.4) is 0 Å². The van der Waals surface area contributed by atoms with Crippen molar-refractivity contribution in [1.29, 1.82) is 0 Å². The van der Waals surface area contributed by atoms with Gasteiger partial charge in [0.1, 0.15) is 5.15 Å². The van der Waals surface area contributed by atoms with Gasteiger partial charge >= 0.3 is 0 Å².